The molecule has 1 atom stereocenters. The lowest BCUT2D eigenvalue weighted by Crippen LogP contribution is -2.41. The van der Waals surface area contributed by atoms with Gasteiger partial charge in [0.2, 0.25) is 0 Å². The van der Waals surface area contributed by atoms with Crippen molar-refractivity contribution < 1.29 is 14.0 Å². The standard InChI is InChI=1S/C20H23NO3/c1-15-12-17(14-24-15)20(23)21-11-7-3-6-10-18(21)13-19(22)16-8-4-2-5-9-16/h2,4-5,8-9,12,14,18H,3,6-7,10-11,13H2,1H3. The lowest BCUT2D eigenvalue weighted by atomic mass is 9.99. The van der Waals surface area contributed by atoms with Gasteiger partial charge in [-0.1, -0.05) is 43.2 Å². The number of ketones is 1. The van der Waals surface area contributed by atoms with Gasteiger partial charge in [0.25, 0.3) is 5.91 Å². The minimum Gasteiger partial charge on any atom is -0.469 e. The second-order valence-electron chi connectivity index (χ2n) is 6.44. The largest absolute Gasteiger partial charge is 0.469 e. The average Bonchev–Trinajstić information content (AvgIpc) is 2.90. The molecule has 0 radical (unpaired) electrons. The van der Waals surface area contributed by atoms with E-state index in [1.807, 2.05) is 42.2 Å². The quantitative estimate of drug-likeness (QED) is 0.790. The number of carbonyl (C=O) groups is 2. The van der Waals surface area contributed by atoms with Crippen LogP contribution in [0.25, 0.3) is 0 Å². The van der Waals surface area contributed by atoms with Gasteiger partial charge in [0, 0.05) is 24.6 Å². The van der Waals surface area contributed by atoms with Gasteiger partial charge in [0.1, 0.15) is 12.0 Å². The Labute approximate surface area is 142 Å². The molecule has 1 saturated heterocycles. The van der Waals surface area contributed by atoms with Crippen LogP contribution in [0.4, 0.5) is 0 Å². The number of hydrogen-bond acceptors (Lipinski definition) is 3. The van der Waals surface area contributed by atoms with Crippen molar-refractivity contribution in [2.24, 2.45) is 0 Å². The molecule has 2 heterocycles. The molecular weight excluding hydrogens is 302 g/mol. The van der Waals surface area contributed by atoms with Crippen LogP contribution >= 0.6 is 0 Å². The summed E-state index contributed by atoms with van der Waals surface area (Å²) in [6.45, 7) is 2.53. The molecule has 1 aromatic carbocycles. The van der Waals surface area contributed by atoms with Crippen LogP contribution in [0.2, 0.25) is 0 Å². The van der Waals surface area contributed by atoms with Crippen LogP contribution in [0.15, 0.2) is 47.1 Å². The lowest BCUT2D eigenvalue weighted by molar-refractivity contribution is 0.0659. The summed E-state index contributed by atoms with van der Waals surface area (Å²) >= 11 is 0. The summed E-state index contributed by atoms with van der Waals surface area (Å²) < 4.78 is 5.28. The molecule has 4 heteroatoms. The Hall–Kier alpha value is -2.36. The van der Waals surface area contributed by atoms with Crippen molar-refractivity contribution in [2.45, 2.75) is 45.1 Å². The van der Waals surface area contributed by atoms with E-state index < -0.39 is 0 Å². The molecule has 24 heavy (non-hydrogen) atoms. The molecule has 1 fully saturated rings. The maximum Gasteiger partial charge on any atom is 0.257 e. The van der Waals surface area contributed by atoms with Gasteiger partial charge >= 0.3 is 0 Å². The normalized spacial score (nSPS) is 18.2. The monoisotopic (exact) mass is 325 g/mol. The minimum atomic E-state index is -0.0390. The van der Waals surface area contributed by atoms with Crippen molar-refractivity contribution in [3.8, 4) is 0 Å². The van der Waals surface area contributed by atoms with Crippen molar-refractivity contribution in [3.63, 3.8) is 0 Å². The molecule has 0 N–H and O–H groups in total. The van der Waals surface area contributed by atoms with E-state index in [9.17, 15) is 9.59 Å². The average molecular weight is 325 g/mol. The van der Waals surface area contributed by atoms with Crippen molar-refractivity contribution in [3.05, 3.63) is 59.5 Å². The highest BCUT2D eigenvalue weighted by molar-refractivity contribution is 5.98. The molecule has 1 aliphatic rings. The number of furan rings is 1. The Morgan fingerprint density at radius 2 is 1.92 bits per heavy atom. The van der Waals surface area contributed by atoms with Crippen LogP contribution in [-0.2, 0) is 0 Å². The van der Waals surface area contributed by atoms with E-state index in [-0.39, 0.29) is 17.7 Å². The van der Waals surface area contributed by atoms with E-state index >= 15 is 0 Å². The Bertz CT molecular complexity index is 705. The number of amides is 1. The predicted molar refractivity (Wildman–Crippen MR) is 92.1 cm³/mol. The van der Waals surface area contributed by atoms with Gasteiger partial charge in [-0.05, 0) is 25.8 Å². The van der Waals surface area contributed by atoms with Crippen molar-refractivity contribution in [1.82, 2.24) is 4.90 Å². The first-order valence-corrected chi connectivity index (χ1v) is 8.59. The SMILES string of the molecule is Cc1cc(C(=O)N2CCCCCC2CC(=O)c2ccccc2)co1. The second kappa shape index (κ2) is 7.47. The summed E-state index contributed by atoms with van der Waals surface area (Å²) in [6.07, 6.45) is 5.91. The van der Waals surface area contributed by atoms with Gasteiger partial charge < -0.3 is 9.32 Å². The molecule has 0 saturated carbocycles. The van der Waals surface area contributed by atoms with Gasteiger partial charge in [0.05, 0.1) is 5.56 Å². The Morgan fingerprint density at radius 1 is 1.12 bits per heavy atom. The molecule has 2 aromatic rings. The van der Waals surface area contributed by atoms with Gasteiger partial charge in [0.15, 0.2) is 5.78 Å². The molecule has 0 spiro atoms. The Morgan fingerprint density at radius 3 is 2.62 bits per heavy atom. The van der Waals surface area contributed by atoms with E-state index in [0.29, 0.717) is 24.1 Å². The topological polar surface area (TPSA) is 50.5 Å². The first-order chi connectivity index (χ1) is 11.6. The molecule has 0 aliphatic carbocycles. The van der Waals surface area contributed by atoms with Crippen molar-refractivity contribution in [1.29, 1.82) is 0 Å². The molecule has 1 unspecified atom stereocenters. The van der Waals surface area contributed by atoms with Crippen LogP contribution in [0, 0.1) is 6.92 Å². The van der Waals surface area contributed by atoms with E-state index in [1.165, 1.54) is 6.26 Å². The number of carbonyl (C=O) groups excluding carboxylic acids is 2. The van der Waals surface area contributed by atoms with E-state index in [0.717, 1.165) is 31.4 Å². The number of rotatable bonds is 4. The third-order valence-electron chi connectivity index (χ3n) is 4.63. The van der Waals surface area contributed by atoms with Crippen LogP contribution in [0.3, 0.4) is 0 Å². The van der Waals surface area contributed by atoms with Crippen molar-refractivity contribution >= 4 is 11.7 Å². The highest BCUT2D eigenvalue weighted by Gasteiger charge is 2.29. The van der Waals surface area contributed by atoms with Crippen LogP contribution in [0.1, 0.15) is 58.6 Å². The summed E-state index contributed by atoms with van der Waals surface area (Å²) in [5.74, 6) is 0.799. The number of hydrogen-bond donors (Lipinski definition) is 0. The highest BCUT2D eigenvalue weighted by atomic mass is 16.3. The summed E-state index contributed by atoms with van der Waals surface area (Å²) in [6, 6.07) is 11.1. The first kappa shape index (κ1) is 16.5. The Balaban J connectivity index is 1.77. The summed E-state index contributed by atoms with van der Waals surface area (Å²) in [7, 11) is 0. The van der Waals surface area contributed by atoms with Crippen molar-refractivity contribution in [2.75, 3.05) is 6.54 Å². The zero-order chi connectivity index (χ0) is 16.9. The van der Waals surface area contributed by atoms with E-state index in [4.69, 9.17) is 4.42 Å². The molecule has 4 nitrogen and oxygen atoms in total. The molecule has 1 amide bonds. The summed E-state index contributed by atoms with van der Waals surface area (Å²) in [5, 5.41) is 0. The maximum atomic E-state index is 12.8. The fourth-order valence-corrected chi connectivity index (χ4v) is 3.33. The lowest BCUT2D eigenvalue weighted by Gasteiger charge is -2.29. The van der Waals surface area contributed by atoms with E-state index in [2.05, 4.69) is 0 Å². The van der Waals surface area contributed by atoms with E-state index in [1.54, 1.807) is 6.07 Å². The van der Waals surface area contributed by atoms with Gasteiger partial charge in [-0.15, -0.1) is 0 Å². The third-order valence-corrected chi connectivity index (χ3v) is 4.63. The molecule has 126 valence electrons. The van der Waals surface area contributed by atoms with Crippen LogP contribution < -0.4 is 0 Å². The first-order valence-electron chi connectivity index (χ1n) is 8.59. The summed E-state index contributed by atoms with van der Waals surface area (Å²) in [4.78, 5) is 27.3. The minimum absolute atomic E-state index is 0.0281. The van der Waals surface area contributed by atoms with Gasteiger partial charge in [-0.3, -0.25) is 9.59 Å². The molecular formula is C20H23NO3. The zero-order valence-electron chi connectivity index (χ0n) is 14.0. The molecule has 0 bridgehead atoms. The van der Waals surface area contributed by atoms with Crippen LogP contribution in [0.5, 0.6) is 0 Å². The number of Topliss-reactive ketones (excluding diaryl/α,β-unsaturated/α-hetero) is 1. The molecule has 1 aromatic heterocycles. The van der Waals surface area contributed by atoms with Gasteiger partial charge in [-0.25, -0.2) is 0 Å². The predicted octanol–water partition coefficient (Wildman–Crippen LogP) is 4.25. The number of benzene rings is 1. The number of nitrogens with zero attached hydrogens (tertiary/aromatic N) is 1. The Kier molecular flexibility index (Phi) is 5.14. The smallest absolute Gasteiger partial charge is 0.257 e. The van der Waals surface area contributed by atoms with Crippen LogP contribution in [-0.4, -0.2) is 29.2 Å². The summed E-state index contributed by atoms with van der Waals surface area (Å²) in [5.41, 5.74) is 1.29. The number of aryl methyl sites for hydroxylation is 1. The highest BCUT2D eigenvalue weighted by Crippen LogP contribution is 2.23. The third kappa shape index (κ3) is 3.75. The van der Waals surface area contributed by atoms with Gasteiger partial charge in [-0.2, -0.15) is 0 Å². The molecule has 1 aliphatic heterocycles. The fraction of sp³-hybridized carbons (Fsp3) is 0.400. The fourth-order valence-electron chi connectivity index (χ4n) is 3.33. The number of likely N-dealkylation sites (tertiary alicyclic amines) is 1. The zero-order valence-corrected chi connectivity index (χ0v) is 14.0. The second-order valence-corrected chi connectivity index (χ2v) is 6.44. The maximum absolute atomic E-state index is 12.8. The molecule has 3 rings (SSSR count).